The van der Waals surface area contributed by atoms with Gasteiger partial charge in [-0.25, -0.2) is 9.79 Å². The standard InChI is InChI=1S/C31H27ClN2O5S/c1-4-38-30(36)27-19(2)33-31-34(28(27)21-12-14-23(37-3)15-13-21)29(35)26(40-31)17-20-8-7-10-24(16-20)39-18-22-9-5-6-11-25(22)32/h5-17,28H,4,18H2,1-3H3/b26-17-/t28-/m0/s1. The van der Waals surface area contributed by atoms with Crippen LogP contribution in [0.4, 0.5) is 0 Å². The molecule has 0 fully saturated rings. The number of benzene rings is 3. The molecule has 204 valence electrons. The molecule has 5 rings (SSSR count). The third kappa shape index (κ3) is 5.59. The van der Waals surface area contributed by atoms with Gasteiger partial charge in [0.1, 0.15) is 18.1 Å². The normalized spacial score (nSPS) is 14.9. The maximum absolute atomic E-state index is 13.8. The van der Waals surface area contributed by atoms with Gasteiger partial charge in [-0.3, -0.25) is 9.36 Å². The summed E-state index contributed by atoms with van der Waals surface area (Å²) in [5, 5.41) is 0.642. The van der Waals surface area contributed by atoms with Gasteiger partial charge in [-0.2, -0.15) is 0 Å². The van der Waals surface area contributed by atoms with E-state index in [2.05, 4.69) is 4.99 Å². The zero-order valence-corrected chi connectivity index (χ0v) is 23.8. The van der Waals surface area contributed by atoms with Crippen molar-refractivity contribution in [1.29, 1.82) is 0 Å². The molecule has 1 aliphatic rings. The van der Waals surface area contributed by atoms with Gasteiger partial charge < -0.3 is 14.2 Å². The molecule has 0 aliphatic carbocycles. The Morgan fingerprint density at radius 2 is 1.85 bits per heavy atom. The summed E-state index contributed by atoms with van der Waals surface area (Å²) in [4.78, 5) is 32.0. The molecule has 0 N–H and O–H groups in total. The molecule has 0 bridgehead atoms. The van der Waals surface area contributed by atoms with Crippen LogP contribution in [0.25, 0.3) is 6.08 Å². The van der Waals surface area contributed by atoms with Crippen LogP contribution in [0, 0.1) is 0 Å². The number of esters is 1. The van der Waals surface area contributed by atoms with Crippen molar-refractivity contribution in [2.75, 3.05) is 13.7 Å². The fourth-order valence-electron chi connectivity index (χ4n) is 4.52. The number of allylic oxidation sites excluding steroid dienone is 1. The molecule has 0 unspecified atom stereocenters. The number of hydrogen-bond donors (Lipinski definition) is 0. The van der Waals surface area contributed by atoms with Crippen LogP contribution >= 0.6 is 22.9 Å². The summed E-state index contributed by atoms with van der Waals surface area (Å²) in [7, 11) is 1.59. The lowest BCUT2D eigenvalue weighted by atomic mass is 9.96. The molecule has 9 heteroatoms. The van der Waals surface area contributed by atoms with Gasteiger partial charge in [0.25, 0.3) is 5.56 Å². The Labute approximate surface area is 240 Å². The van der Waals surface area contributed by atoms with Crippen molar-refractivity contribution in [3.8, 4) is 11.5 Å². The minimum absolute atomic E-state index is 0.213. The Bertz CT molecular complexity index is 1770. The summed E-state index contributed by atoms with van der Waals surface area (Å²) in [6.45, 7) is 4.05. The van der Waals surface area contributed by atoms with Crippen LogP contribution < -0.4 is 24.4 Å². The van der Waals surface area contributed by atoms with Crippen LogP contribution in [0.2, 0.25) is 5.02 Å². The lowest BCUT2D eigenvalue weighted by Gasteiger charge is -2.24. The summed E-state index contributed by atoms with van der Waals surface area (Å²) in [6, 6.07) is 21.6. The van der Waals surface area contributed by atoms with Crippen LogP contribution in [-0.2, 0) is 16.1 Å². The van der Waals surface area contributed by atoms with Crippen molar-refractivity contribution in [1.82, 2.24) is 4.57 Å². The van der Waals surface area contributed by atoms with Gasteiger partial charge in [-0.05, 0) is 61.4 Å². The van der Waals surface area contributed by atoms with E-state index in [1.165, 1.54) is 11.3 Å². The first kappa shape index (κ1) is 27.4. The summed E-state index contributed by atoms with van der Waals surface area (Å²) >= 11 is 7.53. The fraction of sp³-hybridized carbons (Fsp3) is 0.194. The number of nitrogens with zero attached hydrogens (tertiary/aromatic N) is 2. The minimum atomic E-state index is -0.686. The molecule has 0 spiro atoms. The molecule has 40 heavy (non-hydrogen) atoms. The van der Waals surface area contributed by atoms with Crippen LogP contribution in [0.5, 0.6) is 11.5 Å². The van der Waals surface area contributed by atoms with Gasteiger partial charge in [-0.1, -0.05) is 65.4 Å². The Morgan fingerprint density at radius 3 is 2.58 bits per heavy atom. The zero-order valence-electron chi connectivity index (χ0n) is 22.2. The number of rotatable bonds is 8. The first-order valence-electron chi connectivity index (χ1n) is 12.7. The Morgan fingerprint density at radius 1 is 1.07 bits per heavy atom. The molecule has 7 nitrogen and oxygen atoms in total. The quantitative estimate of drug-likeness (QED) is 0.276. The average molecular weight is 575 g/mol. The maximum atomic E-state index is 13.8. The topological polar surface area (TPSA) is 79.1 Å². The highest BCUT2D eigenvalue weighted by Crippen LogP contribution is 2.31. The molecule has 3 aromatic carbocycles. The number of fused-ring (bicyclic) bond motifs is 1. The minimum Gasteiger partial charge on any atom is -0.497 e. The third-order valence-electron chi connectivity index (χ3n) is 6.46. The maximum Gasteiger partial charge on any atom is 0.338 e. The summed E-state index contributed by atoms with van der Waals surface area (Å²) < 4.78 is 18.7. The van der Waals surface area contributed by atoms with Crippen LogP contribution in [-0.4, -0.2) is 24.3 Å². The van der Waals surface area contributed by atoms with E-state index >= 15 is 0 Å². The summed E-state index contributed by atoms with van der Waals surface area (Å²) in [6.07, 6.45) is 1.81. The molecular formula is C31H27ClN2O5S. The van der Waals surface area contributed by atoms with Crippen molar-refractivity contribution in [2.45, 2.75) is 26.5 Å². The number of aromatic nitrogens is 1. The second kappa shape index (κ2) is 11.9. The van der Waals surface area contributed by atoms with E-state index in [9.17, 15) is 9.59 Å². The largest absolute Gasteiger partial charge is 0.497 e. The SMILES string of the molecule is CCOC(=O)C1=C(C)N=c2s/c(=C\c3cccc(OCc4ccccc4Cl)c3)c(=O)n2[C@H]1c1ccc(OC)cc1. The predicted molar refractivity (Wildman–Crippen MR) is 156 cm³/mol. The van der Waals surface area contributed by atoms with E-state index < -0.39 is 12.0 Å². The van der Waals surface area contributed by atoms with E-state index in [1.807, 2.05) is 60.7 Å². The smallest absolute Gasteiger partial charge is 0.338 e. The number of carbonyl (C=O) groups excluding carboxylic acids is 1. The molecule has 4 aromatic rings. The van der Waals surface area contributed by atoms with E-state index in [0.29, 0.717) is 43.7 Å². The fourth-order valence-corrected chi connectivity index (χ4v) is 5.75. The number of methoxy groups -OCH3 is 1. The molecule has 2 heterocycles. The van der Waals surface area contributed by atoms with Crippen molar-refractivity contribution < 1.29 is 19.0 Å². The van der Waals surface area contributed by atoms with E-state index in [0.717, 1.165) is 16.7 Å². The monoisotopic (exact) mass is 574 g/mol. The van der Waals surface area contributed by atoms with E-state index in [-0.39, 0.29) is 12.2 Å². The second-order valence-electron chi connectivity index (χ2n) is 9.03. The first-order valence-corrected chi connectivity index (χ1v) is 13.9. The van der Waals surface area contributed by atoms with Crippen molar-refractivity contribution in [3.63, 3.8) is 0 Å². The molecule has 1 aliphatic heterocycles. The molecule has 0 radical (unpaired) electrons. The molecule has 0 saturated carbocycles. The number of carbonyl (C=O) groups is 1. The number of halogens is 1. The summed E-state index contributed by atoms with van der Waals surface area (Å²) in [5.74, 6) is 0.825. The Balaban J connectivity index is 1.55. The van der Waals surface area contributed by atoms with Gasteiger partial charge in [0.2, 0.25) is 0 Å². The number of thiazole rings is 1. The highest BCUT2D eigenvalue weighted by molar-refractivity contribution is 7.07. The first-order chi connectivity index (χ1) is 19.4. The van der Waals surface area contributed by atoms with Crippen molar-refractivity contribution in [2.24, 2.45) is 4.99 Å². The van der Waals surface area contributed by atoms with Gasteiger partial charge in [0.15, 0.2) is 4.80 Å². The van der Waals surface area contributed by atoms with E-state index in [1.54, 1.807) is 43.7 Å². The Kier molecular flexibility index (Phi) is 8.19. The van der Waals surface area contributed by atoms with Gasteiger partial charge in [-0.15, -0.1) is 0 Å². The van der Waals surface area contributed by atoms with Crippen molar-refractivity contribution >= 4 is 35.0 Å². The zero-order chi connectivity index (χ0) is 28.2. The third-order valence-corrected chi connectivity index (χ3v) is 7.81. The van der Waals surface area contributed by atoms with Crippen LogP contribution in [0.1, 0.15) is 36.6 Å². The van der Waals surface area contributed by atoms with Gasteiger partial charge in [0, 0.05) is 10.6 Å². The van der Waals surface area contributed by atoms with Crippen LogP contribution in [0.15, 0.2) is 93.9 Å². The highest BCUT2D eigenvalue weighted by Gasteiger charge is 2.33. The highest BCUT2D eigenvalue weighted by atomic mass is 35.5. The average Bonchev–Trinajstić information content (AvgIpc) is 3.26. The van der Waals surface area contributed by atoms with E-state index in [4.69, 9.17) is 25.8 Å². The summed E-state index contributed by atoms with van der Waals surface area (Å²) in [5.41, 5.74) is 3.03. The lowest BCUT2D eigenvalue weighted by Crippen LogP contribution is -2.39. The molecular weight excluding hydrogens is 548 g/mol. The molecule has 0 saturated heterocycles. The molecule has 1 atom stereocenters. The van der Waals surface area contributed by atoms with Crippen molar-refractivity contribution in [3.05, 3.63) is 125 Å². The Hall–Kier alpha value is -4.14. The van der Waals surface area contributed by atoms with Gasteiger partial charge >= 0.3 is 5.97 Å². The van der Waals surface area contributed by atoms with Crippen LogP contribution in [0.3, 0.4) is 0 Å². The van der Waals surface area contributed by atoms with Gasteiger partial charge in [0.05, 0.1) is 35.6 Å². The predicted octanol–water partition coefficient (Wildman–Crippen LogP) is 5.04. The molecule has 1 aromatic heterocycles. The number of hydrogen-bond acceptors (Lipinski definition) is 7. The second-order valence-corrected chi connectivity index (χ2v) is 10.4. The number of ether oxygens (including phenoxy) is 3. The lowest BCUT2D eigenvalue weighted by molar-refractivity contribution is -0.139. The molecule has 0 amide bonds.